The van der Waals surface area contributed by atoms with Crippen molar-refractivity contribution in [3.05, 3.63) is 69.4 Å². The summed E-state index contributed by atoms with van der Waals surface area (Å²) < 4.78 is 38.8. The van der Waals surface area contributed by atoms with Gasteiger partial charge < -0.3 is 24.5 Å². The predicted octanol–water partition coefficient (Wildman–Crippen LogP) is 4.17. The lowest BCUT2D eigenvalue weighted by Crippen LogP contribution is -2.44. The SMILES string of the molecule is CC(Nc1cc(F)cc(F)c1)c1cc(C(=O)O)cc2c(=O)cc(N3CCOCC3C)oc12. The average molecular weight is 444 g/mol. The van der Waals surface area contributed by atoms with E-state index in [2.05, 4.69) is 5.32 Å². The van der Waals surface area contributed by atoms with E-state index in [0.29, 0.717) is 31.2 Å². The third kappa shape index (κ3) is 4.29. The number of carbonyl (C=O) groups is 1. The molecule has 1 fully saturated rings. The van der Waals surface area contributed by atoms with Gasteiger partial charge in [0.05, 0.1) is 36.2 Å². The van der Waals surface area contributed by atoms with Crippen molar-refractivity contribution >= 4 is 28.5 Å². The summed E-state index contributed by atoms with van der Waals surface area (Å²) in [4.78, 5) is 26.5. The number of ether oxygens (including phenoxy) is 1. The Bertz CT molecular complexity index is 1220. The van der Waals surface area contributed by atoms with Crippen molar-refractivity contribution in [2.75, 3.05) is 30.0 Å². The molecule has 168 valence electrons. The van der Waals surface area contributed by atoms with Gasteiger partial charge in [0.1, 0.15) is 17.2 Å². The summed E-state index contributed by atoms with van der Waals surface area (Å²) in [6.45, 7) is 5.14. The molecule has 0 radical (unpaired) electrons. The Kier molecular flexibility index (Phi) is 5.84. The monoisotopic (exact) mass is 444 g/mol. The van der Waals surface area contributed by atoms with Crippen LogP contribution in [-0.2, 0) is 4.74 Å². The number of aromatic carboxylic acids is 1. The zero-order chi connectivity index (χ0) is 23.0. The minimum absolute atomic E-state index is 0.0167. The molecule has 0 bridgehead atoms. The maximum Gasteiger partial charge on any atom is 0.335 e. The van der Waals surface area contributed by atoms with E-state index in [1.54, 1.807) is 6.92 Å². The van der Waals surface area contributed by atoms with Crippen LogP contribution in [0.3, 0.4) is 0 Å². The van der Waals surface area contributed by atoms with Crippen LogP contribution in [0.2, 0.25) is 0 Å². The number of nitrogens with one attached hydrogen (secondary N) is 1. The van der Waals surface area contributed by atoms with Crippen LogP contribution in [0, 0.1) is 11.6 Å². The lowest BCUT2D eigenvalue weighted by molar-refractivity contribution is 0.0697. The van der Waals surface area contributed by atoms with Gasteiger partial charge in [-0.3, -0.25) is 4.79 Å². The number of carboxylic acids is 1. The van der Waals surface area contributed by atoms with E-state index >= 15 is 0 Å². The summed E-state index contributed by atoms with van der Waals surface area (Å²) in [7, 11) is 0. The van der Waals surface area contributed by atoms with E-state index in [9.17, 15) is 23.5 Å². The molecule has 4 rings (SSSR count). The Balaban J connectivity index is 1.84. The predicted molar refractivity (Wildman–Crippen MR) is 115 cm³/mol. The average Bonchev–Trinajstić information content (AvgIpc) is 2.72. The number of nitrogens with zero attached hydrogens (tertiary/aromatic N) is 1. The molecule has 0 spiro atoms. The maximum absolute atomic E-state index is 13.6. The second kappa shape index (κ2) is 8.58. The van der Waals surface area contributed by atoms with Gasteiger partial charge in [-0.25, -0.2) is 13.6 Å². The Hall–Kier alpha value is -3.46. The van der Waals surface area contributed by atoms with Crippen molar-refractivity contribution in [2.45, 2.75) is 25.9 Å². The molecule has 0 aliphatic carbocycles. The quantitative estimate of drug-likeness (QED) is 0.610. The standard InChI is InChI=1S/C23H22F2N2O5/c1-12-11-31-4-3-27(12)21-10-20(28)19-6-14(23(29)30)5-18(22(19)32-21)13(2)26-17-8-15(24)7-16(25)9-17/h5-10,12-13,26H,3-4,11H2,1-2H3,(H,29,30). The molecule has 1 aliphatic rings. The van der Waals surface area contributed by atoms with E-state index in [0.717, 1.165) is 18.2 Å². The molecule has 2 N–H and O–H groups in total. The lowest BCUT2D eigenvalue weighted by Gasteiger charge is -2.33. The fourth-order valence-electron chi connectivity index (χ4n) is 3.88. The molecule has 2 unspecified atom stereocenters. The van der Waals surface area contributed by atoms with Gasteiger partial charge in [0.2, 0.25) is 0 Å². The highest BCUT2D eigenvalue weighted by molar-refractivity contribution is 5.94. The Morgan fingerprint density at radius 1 is 1.19 bits per heavy atom. The van der Waals surface area contributed by atoms with Crippen LogP contribution in [0.15, 0.2) is 45.6 Å². The second-order valence-electron chi connectivity index (χ2n) is 7.84. The van der Waals surface area contributed by atoms with Gasteiger partial charge in [0, 0.05) is 29.9 Å². The van der Waals surface area contributed by atoms with Crippen LogP contribution >= 0.6 is 0 Å². The van der Waals surface area contributed by atoms with Crippen molar-refractivity contribution in [3.63, 3.8) is 0 Å². The number of rotatable bonds is 5. The van der Waals surface area contributed by atoms with Gasteiger partial charge in [0.15, 0.2) is 11.3 Å². The fourth-order valence-corrected chi connectivity index (χ4v) is 3.88. The van der Waals surface area contributed by atoms with E-state index in [1.807, 2.05) is 11.8 Å². The third-order valence-electron chi connectivity index (χ3n) is 5.45. The number of hydrogen-bond donors (Lipinski definition) is 2. The Labute approximate surface area is 182 Å². The van der Waals surface area contributed by atoms with Crippen molar-refractivity contribution in [1.82, 2.24) is 0 Å². The second-order valence-corrected chi connectivity index (χ2v) is 7.84. The molecule has 2 heterocycles. The zero-order valence-corrected chi connectivity index (χ0v) is 17.5. The lowest BCUT2D eigenvalue weighted by atomic mass is 10.0. The zero-order valence-electron chi connectivity index (χ0n) is 17.5. The number of halogens is 2. The molecule has 0 amide bonds. The molecule has 1 aromatic heterocycles. The highest BCUT2D eigenvalue weighted by Gasteiger charge is 2.24. The van der Waals surface area contributed by atoms with Crippen molar-refractivity contribution in [2.24, 2.45) is 0 Å². The number of benzene rings is 2. The van der Waals surface area contributed by atoms with Crippen molar-refractivity contribution < 1.29 is 27.8 Å². The summed E-state index contributed by atoms with van der Waals surface area (Å²) >= 11 is 0. The van der Waals surface area contributed by atoms with E-state index in [1.165, 1.54) is 18.2 Å². The number of morpholine rings is 1. The first-order chi connectivity index (χ1) is 15.2. The maximum atomic E-state index is 13.6. The first-order valence-corrected chi connectivity index (χ1v) is 10.1. The molecular weight excluding hydrogens is 422 g/mol. The van der Waals surface area contributed by atoms with E-state index < -0.39 is 23.6 Å². The first kappa shape index (κ1) is 21.8. The van der Waals surface area contributed by atoms with Crippen molar-refractivity contribution in [1.29, 1.82) is 0 Å². The van der Waals surface area contributed by atoms with Crippen molar-refractivity contribution in [3.8, 4) is 0 Å². The molecule has 2 atom stereocenters. The highest BCUT2D eigenvalue weighted by Crippen LogP contribution is 2.31. The van der Waals surface area contributed by atoms with Gasteiger partial charge in [-0.15, -0.1) is 0 Å². The minimum Gasteiger partial charge on any atom is -0.478 e. The number of hydrogen-bond acceptors (Lipinski definition) is 6. The van der Waals surface area contributed by atoms with E-state index in [4.69, 9.17) is 9.15 Å². The fraction of sp³-hybridized carbons (Fsp3) is 0.304. The molecule has 2 aromatic carbocycles. The third-order valence-corrected chi connectivity index (χ3v) is 5.45. The molecule has 1 aliphatic heterocycles. The Morgan fingerprint density at radius 2 is 1.91 bits per heavy atom. The molecule has 32 heavy (non-hydrogen) atoms. The molecular formula is C23H22F2N2O5. The summed E-state index contributed by atoms with van der Waals surface area (Å²) in [6, 6.07) is 6.38. The smallest absolute Gasteiger partial charge is 0.335 e. The van der Waals surface area contributed by atoms with Gasteiger partial charge in [-0.1, -0.05) is 0 Å². The normalized spacial score (nSPS) is 17.4. The first-order valence-electron chi connectivity index (χ1n) is 10.1. The number of anilines is 2. The van der Waals surface area contributed by atoms with E-state index in [-0.39, 0.29) is 33.7 Å². The van der Waals surface area contributed by atoms with Crippen LogP contribution in [0.4, 0.5) is 20.4 Å². The summed E-state index contributed by atoms with van der Waals surface area (Å²) in [6.07, 6.45) is 0. The number of fused-ring (bicyclic) bond motifs is 1. The number of carboxylic acid groups (broad SMARTS) is 1. The van der Waals surface area contributed by atoms with Crippen LogP contribution in [0.5, 0.6) is 0 Å². The van der Waals surface area contributed by atoms with Gasteiger partial charge >= 0.3 is 5.97 Å². The highest BCUT2D eigenvalue weighted by atomic mass is 19.1. The molecule has 1 saturated heterocycles. The Morgan fingerprint density at radius 3 is 2.56 bits per heavy atom. The van der Waals surface area contributed by atoms with Gasteiger partial charge in [-0.2, -0.15) is 0 Å². The largest absolute Gasteiger partial charge is 0.478 e. The minimum atomic E-state index is -1.21. The van der Waals surface area contributed by atoms with Crippen LogP contribution < -0.4 is 15.6 Å². The molecule has 7 nitrogen and oxygen atoms in total. The molecule has 9 heteroatoms. The van der Waals surface area contributed by atoms with Gasteiger partial charge in [0.25, 0.3) is 0 Å². The summed E-state index contributed by atoms with van der Waals surface area (Å²) in [5, 5.41) is 12.6. The van der Waals surface area contributed by atoms with Crippen LogP contribution in [0.25, 0.3) is 11.0 Å². The van der Waals surface area contributed by atoms with Crippen LogP contribution in [-0.4, -0.2) is 36.9 Å². The molecule has 3 aromatic rings. The topological polar surface area (TPSA) is 92.0 Å². The van der Waals surface area contributed by atoms with Gasteiger partial charge in [-0.05, 0) is 38.1 Å². The van der Waals surface area contributed by atoms with Crippen LogP contribution in [0.1, 0.15) is 35.8 Å². The molecule has 0 saturated carbocycles. The summed E-state index contributed by atoms with van der Waals surface area (Å²) in [5.74, 6) is -2.35. The summed E-state index contributed by atoms with van der Waals surface area (Å²) in [5.41, 5.74) is 0.293.